The largest absolute Gasteiger partial charge is 0.309 e. The van der Waals surface area contributed by atoms with Gasteiger partial charge in [-0.2, -0.15) is 0 Å². The molecule has 1 rings (SSSR count). The van der Waals surface area contributed by atoms with Gasteiger partial charge in [0.25, 0.3) is 0 Å². The van der Waals surface area contributed by atoms with Crippen molar-refractivity contribution in [1.82, 2.24) is 5.32 Å². The lowest BCUT2D eigenvalue weighted by atomic mass is 10.2. The molecule has 96 valence electrons. The Labute approximate surface area is 106 Å². The van der Waals surface area contributed by atoms with Crippen molar-refractivity contribution >= 4 is 21.4 Å². The van der Waals surface area contributed by atoms with Gasteiger partial charge in [0.05, 0.1) is 10.8 Å². The molecule has 0 aliphatic heterocycles. The third kappa shape index (κ3) is 5.48. The zero-order valence-corrected chi connectivity index (χ0v) is 11.3. The highest BCUT2D eigenvalue weighted by atomic mass is 35.5. The maximum Gasteiger partial charge on any atom is 0.148 e. The highest BCUT2D eigenvalue weighted by molar-refractivity contribution is 7.90. The molecule has 3 nitrogen and oxygen atoms in total. The Morgan fingerprint density at radius 2 is 2.12 bits per heavy atom. The smallest absolute Gasteiger partial charge is 0.148 e. The third-order valence-electron chi connectivity index (χ3n) is 2.19. The molecule has 1 atom stereocenters. The summed E-state index contributed by atoms with van der Waals surface area (Å²) in [4.78, 5) is 0. The summed E-state index contributed by atoms with van der Waals surface area (Å²) in [5, 5.41) is 3.09. The van der Waals surface area contributed by atoms with E-state index in [2.05, 4.69) is 5.32 Å². The van der Waals surface area contributed by atoms with E-state index in [0.717, 1.165) is 5.56 Å². The molecule has 1 aromatic rings. The van der Waals surface area contributed by atoms with Crippen LogP contribution in [-0.4, -0.2) is 26.5 Å². The average molecular weight is 280 g/mol. The summed E-state index contributed by atoms with van der Waals surface area (Å²) in [5.41, 5.74) is 0.729. The molecule has 1 unspecified atom stereocenters. The zero-order chi connectivity index (χ0) is 13.1. The summed E-state index contributed by atoms with van der Waals surface area (Å²) in [6.07, 6.45) is 1.19. The predicted molar refractivity (Wildman–Crippen MR) is 67.4 cm³/mol. The van der Waals surface area contributed by atoms with Gasteiger partial charge in [-0.05, 0) is 24.6 Å². The molecule has 0 aliphatic rings. The second-order valence-electron chi connectivity index (χ2n) is 4.12. The van der Waals surface area contributed by atoms with Gasteiger partial charge in [0.1, 0.15) is 15.7 Å². The lowest BCUT2D eigenvalue weighted by molar-refractivity contribution is 0.557. The molecule has 0 radical (unpaired) electrons. The van der Waals surface area contributed by atoms with Crippen LogP contribution >= 0.6 is 11.6 Å². The van der Waals surface area contributed by atoms with E-state index in [4.69, 9.17) is 11.6 Å². The minimum Gasteiger partial charge on any atom is -0.309 e. The first-order valence-corrected chi connectivity index (χ1v) is 7.57. The number of sulfone groups is 1. The van der Waals surface area contributed by atoms with Crippen molar-refractivity contribution in [3.63, 3.8) is 0 Å². The molecule has 1 N–H and O–H groups in total. The molecule has 6 heteroatoms. The number of hydrogen-bond acceptors (Lipinski definition) is 3. The quantitative estimate of drug-likeness (QED) is 0.897. The first-order valence-electron chi connectivity index (χ1n) is 5.13. The molecule has 0 spiro atoms. The maximum atomic E-state index is 13.1. The third-order valence-corrected chi connectivity index (χ3v) is 3.60. The molecule has 1 aromatic carbocycles. The molecule has 17 heavy (non-hydrogen) atoms. The van der Waals surface area contributed by atoms with Crippen molar-refractivity contribution in [2.45, 2.75) is 19.5 Å². The van der Waals surface area contributed by atoms with Crippen LogP contribution in [0.25, 0.3) is 0 Å². The highest BCUT2D eigenvalue weighted by Crippen LogP contribution is 2.15. The lowest BCUT2D eigenvalue weighted by Gasteiger charge is -2.12. The molecule has 0 heterocycles. The van der Waals surface area contributed by atoms with Crippen LogP contribution in [0.5, 0.6) is 0 Å². The molecule has 0 fully saturated rings. The summed E-state index contributed by atoms with van der Waals surface area (Å²) < 4.78 is 35.2. The highest BCUT2D eigenvalue weighted by Gasteiger charge is 2.10. The van der Waals surface area contributed by atoms with Crippen molar-refractivity contribution in [3.8, 4) is 0 Å². The second-order valence-corrected chi connectivity index (χ2v) is 6.71. The van der Waals surface area contributed by atoms with Gasteiger partial charge < -0.3 is 5.32 Å². The minimum atomic E-state index is -3.00. The summed E-state index contributed by atoms with van der Waals surface area (Å²) in [6.45, 7) is 2.18. The summed E-state index contributed by atoms with van der Waals surface area (Å²) in [5.74, 6) is -0.412. The fourth-order valence-corrected chi connectivity index (χ4v) is 2.60. The van der Waals surface area contributed by atoms with E-state index in [1.807, 2.05) is 0 Å². The normalized spacial score (nSPS) is 13.6. The van der Waals surface area contributed by atoms with E-state index >= 15 is 0 Å². The Balaban J connectivity index is 2.53. The van der Waals surface area contributed by atoms with E-state index in [-0.39, 0.29) is 16.8 Å². The van der Waals surface area contributed by atoms with Crippen LogP contribution in [0, 0.1) is 5.82 Å². The molecule has 0 aliphatic carbocycles. The van der Waals surface area contributed by atoms with Crippen LogP contribution < -0.4 is 5.32 Å². The van der Waals surface area contributed by atoms with Crippen LogP contribution in [0.1, 0.15) is 12.5 Å². The molecule has 0 saturated carbocycles. The van der Waals surface area contributed by atoms with Crippen molar-refractivity contribution in [2.24, 2.45) is 0 Å². The van der Waals surface area contributed by atoms with Crippen molar-refractivity contribution in [3.05, 3.63) is 34.6 Å². The van der Waals surface area contributed by atoms with Crippen molar-refractivity contribution in [2.75, 3.05) is 12.0 Å². The number of nitrogens with one attached hydrogen (secondary N) is 1. The lowest BCUT2D eigenvalue weighted by Crippen LogP contribution is -2.32. The minimum absolute atomic E-state index is 0.0586. The summed E-state index contributed by atoms with van der Waals surface area (Å²) >= 11 is 5.56. The molecular weight excluding hydrogens is 265 g/mol. The van der Waals surface area contributed by atoms with Gasteiger partial charge in [0.2, 0.25) is 0 Å². The topological polar surface area (TPSA) is 46.2 Å². The molecule has 0 bridgehead atoms. The van der Waals surface area contributed by atoms with Gasteiger partial charge in [0.15, 0.2) is 0 Å². The SMILES string of the molecule is CC(CS(C)(=O)=O)NCc1ccc(Cl)c(F)c1. The Morgan fingerprint density at radius 3 is 2.65 bits per heavy atom. The first kappa shape index (κ1) is 14.4. The number of halogens is 2. The van der Waals surface area contributed by atoms with Crippen LogP contribution in [-0.2, 0) is 16.4 Å². The van der Waals surface area contributed by atoms with E-state index < -0.39 is 15.7 Å². The zero-order valence-electron chi connectivity index (χ0n) is 9.70. The van der Waals surface area contributed by atoms with Gasteiger partial charge in [0, 0.05) is 18.8 Å². The number of rotatable bonds is 5. The summed E-state index contributed by atoms with van der Waals surface area (Å²) in [6, 6.07) is 4.34. The molecule has 0 amide bonds. The van der Waals surface area contributed by atoms with Gasteiger partial charge in [-0.1, -0.05) is 17.7 Å². The number of benzene rings is 1. The average Bonchev–Trinajstić information content (AvgIpc) is 2.17. The second kappa shape index (κ2) is 5.80. The van der Waals surface area contributed by atoms with Crippen molar-refractivity contribution < 1.29 is 12.8 Å². The molecule has 0 aromatic heterocycles. The van der Waals surface area contributed by atoms with E-state index in [1.165, 1.54) is 18.4 Å². The van der Waals surface area contributed by atoms with Gasteiger partial charge in [-0.3, -0.25) is 0 Å². The van der Waals surface area contributed by atoms with Gasteiger partial charge in [-0.25, -0.2) is 12.8 Å². The molecule has 0 saturated heterocycles. The first-order chi connectivity index (χ1) is 7.78. The van der Waals surface area contributed by atoms with E-state index in [9.17, 15) is 12.8 Å². The van der Waals surface area contributed by atoms with Gasteiger partial charge in [-0.15, -0.1) is 0 Å². The fourth-order valence-electron chi connectivity index (χ4n) is 1.45. The van der Waals surface area contributed by atoms with Crippen molar-refractivity contribution in [1.29, 1.82) is 0 Å². The van der Waals surface area contributed by atoms with E-state index in [1.54, 1.807) is 13.0 Å². The van der Waals surface area contributed by atoms with Crippen LogP contribution in [0.2, 0.25) is 5.02 Å². The number of hydrogen-bond donors (Lipinski definition) is 1. The Morgan fingerprint density at radius 1 is 1.47 bits per heavy atom. The Bertz CT molecular complexity index is 490. The van der Waals surface area contributed by atoms with Gasteiger partial charge >= 0.3 is 0 Å². The molecular formula is C11H15ClFNO2S. The monoisotopic (exact) mass is 279 g/mol. The predicted octanol–water partition coefficient (Wildman–Crippen LogP) is 2.00. The van der Waals surface area contributed by atoms with Crippen LogP contribution in [0.15, 0.2) is 18.2 Å². The standard InChI is InChI=1S/C11H15ClFNO2S/c1-8(7-17(2,15)16)14-6-9-3-4-10(12)11(13)5-9/h3-5,8,14H,6-7H2,1-2H3. The van der Waals surface area contributed by atoms with Crippen LogP contribution in [0.3, 0.4) is 0 Å². The maximum absolute atomic E-state index is 13.1. The fraction of sp³-hybridized carbons (Fsp3) is 0.455. The Hall–Kier alpha value is -0.650. The Kier molecular flexibility index (Phi) is 4.91. The van der Waals surface area contributed by atoms with E-state index in [0.29, 0.717) is 6.54 Å². The van der Waals surface area contributed by atoms with Crippen LogP contribution in [0.4, 0.5) is 4.39 Å². The summed E-state index contributed by atoms with van der Waals surface area (Å²) in [7, 11) is -3.00.